The van der Waals surface area contributed by atoms with E-state index in [-0.39, 0.29) is 5.56 Å². The van der Waals surface area contributed by atoms with E-state index >= 15 is 0 Å². The topological polar surface area (TPSA) is 83.8 Å². The highest BCUT2D eigenvalue weighted by Crippen LogP contribution is 2.31. The average molecular weight is 442 g/mol. The van der Waals surface area contributed by atoms with Crippen molar-refractivity contribution in [1.82, 2.24) is 15.1 Å². The largest absolute Gasteiger partial charge is 0.493 e. The zero-order valence-corrected chi connectivity index (χ0v) is 19.4. The van der Waals surface area contributed by atoms with Gasteiger partial charge < -0.3 is 24.3 Å². The van der Waals surface area contributed by atoms with Crippen LogP contribution < -0.4 is 29.8 Å². The minimum atomic E-state index is -0.128. The minimum Gasteiger partial charge on any atom is -0.493 e. The maximum atomic E-state index is 12.9. The van der Waals surface area contributed by atoms with E-state index in [4.69, 9.17) is 18.9 Å². The number of benzene rings is 2. The fourth-order valence-electron chi connectivity index (χ4n) is 3.67. The van der Waals surface area contributed by atoms with Crippen molar-refractivity contribution in [3.05, 3.63) is 51.9 Å². The van der Waals surface area contributed by atoms with Gasteiger partial charge in [0, 0.05) is 11.9 Å². The van der Waals surface area contributed by atoms with Crippen molar-refractivity contribution in [2.24, 2.45) is 0 Å². The van der Waals surface area contributed by atoms with Crippen LogP contribution >= 0.6 is 0 Å². The van der Waals surface area contributed by atoms with E-state index < -0.39 is 0 Å². The van der Waals surface area contributed by atoms with E-state index in [0.29, 0.717) is 23.4 Å². The molecule has 0 aliphatic carbocycles. The number of hydrogen-bond acceptors (Lipinski definition) is 7. The molecule has 0 saturated carbocycles. The molecule has 0 radical (unpaired) electrons. The molecule has 8 heteroatoms. The van der Waals surface area contributed by atoms with Gasteiger partial charge in [-0.1, -0.05) is 6.07 Å². The van der Waals surface area contributed by atoms with Gasteiger partial charge >= 0.3 is 0 Å². The lowest BCUT2D eigenvalue weighted by molar-refractivity contribution is 0.354. The molecule has 0 bridgehead atoms. The Bertz CT molecular complexity index is 1130. The van der Waals surface area contributed by atoms with Crippen LogP contribution in [0.3, 0.4) is 0 Å². The lowest BCUT2D eigenvalue weighted by atomic mass is 10.1. The highest BCUT2D eigenvalue weighted by molar-refractivity contribution is 5.87. The SMILES string of the molecule is COc1ccc(CCNCCCn2nc(C)c3cc(OC)c(OC)cc3c2=O)cc1OC. The molecule has 2 aromatic carbocycles. The number of aromatic nitrogens is 2. The number of nitrogens with one attached hydrogen (secondary N) is 1. The van der Waals surface area contributed by atoms with Crippen molar-refractivity contribution in [1.29, 1.82) is 0 Å². The summed E-state index contributed by atoms with van der Waals surface area (Å²) in [6.07, 6.45) is 1.66. The first-order chi connectivity index (χ1) is 15.5. The van der Waals surface area contributed by atoms with Crippen LogP contribution in [0.15, 0.2) is 35.1 Å². The molecule has 3 aromatic rings. The van der Waals surface area contributed by atoms with Crippen molar-refractivity contribution in [3.63, 3.8) is 0 Å². The standard InChI is InChI=1S/C24H31N3O5/c1-16-18-14-22(31-4)23(32-5)15-19(18)24(28)27(26-16)12-6-10-25-11-9-17-7-8-20(29-2)21(13-17)30-3/h7-8,13-15,25H,6,9-12H2,1-5H3. The van der Waals surface area contributed by atoms with Crippen LogP contribution in [0.5, 0.6) is 23.0 Å². The van der Waals surface area contributed by atoms with E-state index in [2.05, 4.69) is 10.4 Å². The third-order valence-corrected chi connectivity index (χ3v) is 5.41. The second-order valence-corrected chi connectivity index (χ2v) is 7.41. The molecule has 0 spiro atoms. The van der Waals surface area contributed by atoms with Crippen molar-refractivity contribution < 1.29 is 18.9 Å². The Morgan fingerprint density at radius 1 is 0.844 bits per heavy atom. The molecule has 0 unspecified atom stereocenters. The van der Waals surface area contributed by atoms with Gasteiger partial charge in [-0.05, 0) is 62.7 Å². The predicted octanol–water partition coefficient (Wildman–Crippen LogP) is 2.96. The van der Waals surface area contributed by atoms with Gasteiger partial charge in [0.2, 0.25) is 0 Å². The molecule has 1 N–H and O–H groups in total. The Balaban J connectivity index is 1.57. The molecular weight excluding hydrogens is 410 g/mol. The Kier molecular flexibility index (Phi) is 7.94. The van der Waals surface area contributed by atoms with E-state index in [1.165, 1.54) is 10.2 Å². The van der Waals surface area contributed by atoms with Crippen molar-refractivity contribution in [3.8, 4) is 23.0 Å². The minimum absolute atomic E-state index is 0.128. The van der Waals surface area contributed by atoms with Gasteiger partial charge in [-0.3, -0.25) is 4.79 Å². The first-order valence-electron chi connectivity index (χ1n) is 10.6. The molecule has 1 aromatic heterocycles. The van der Waals surface area contributed by atoms with Gasteiger partial charge in [-0.2, -0.15) is 5.10 Å². The third-order valence-electron chi connectivity index (χ3n) is 5.41. The van der Waals surface area contributed by atoms with Crippen molar-refractivity contribution in [2.75, 3.05) is 41.5 Å². The molecule has 0 fully saturated rings. The fraction of sp³-hybridized carbons (Fsp3) is 0.417. The molecule has 3 rings (SSSR count). The van der Waals surface area contributed by atoms with E-state index in [1.807, 2.05) is 25.1 Å². The number of fused-ring (bicyclic) bond motifs is 1. The van der Waals surface area contributed by atoms with Crippen molar-refractivity contribution in [2.45, 2.75) is 26.3 Å². The average Bonchev–Trinajstić information content (AvgIpc) is 2.82. The summed E-state index contributed by atoms with van der Waals surface area (Å²) >= 11 is 0. The van der Waals surface area contributed by atoms with Crippen LogP contribution in [-0.2, 0) is 13.0 Å². The summed E-state index contributed by atoms with van der Waals surface area (Å²) in [6, 6.07) is 9.47. The van der Waals surface area contributed by atoms with Gasteiger partial charge in [0.25, 0.3) is 5.56 Å². The van der Waals surface area contributed by atoms with Crippen LogP contribution in [-0.4, -0.2) is 51.3 Å². The highest BCUT2D eigenvalue weighted by Gasteiger charge is 2.13. The number of aryl methyl sites for hydroxylation is 2. The van der Waals surface area contributed by atoms with Crippen LogP contribution in [0, 0.1) is 6.92 Å². The Hall–Kier alpha value is -3.26. The summed E-state index contributed by atoms with van der Waals surface area (Å²) in [5.74, 6) is 2.58. The summed E-state index contributed by atoms with van der Waals surface area (Å²) in [7, 11) is 6.40. The maximum absolute atomic E-state index is 12.9. The summed E-state index contributed by atoms with van der Waals surface area (Å²) in [4.78, 5) is 12.9. The first kappa shape index (κ1) is 23.4. The van der Waals surface area contributed by atoms with Crippen LogP contribution in [0.2, 0.25) is 0 Å². The number of nitrogens with zero attached hydrogens (tertiary/aromatic N) is 2. The first-order valence-corrected chi connectivity index (χ1v) is 10.6. The normalized spacial score (nSPS) is 10.9. The van der Waals surface area contributed by atoms with Gasteiger partial charge in [0.05, 0.1) is 39.5 Å². The summed E-state index contributed by atoms with van der Waals surface area (Å²) in [5, 5.41) is 9.26. The number of rotatable bonds is 11. The summed E-state index contributed by atoms with van der Waals surface area (Å²) in [5.41, 5.74) is 1.82. The fourth-order valence-corrected chi connectivity index (χ4v) is 3.67. The Morgan fingerprint density at radius 3 is 2.12 bits per heavy atom. The third kappa shape index (κ3) is 5.13. The smallest absolute Gasteiger partial charge is 0.274 e. The second kappa shape index (κ2) is 10.9. The second-order valence-electron chi connectivity index (χ2n) is 7.41. The molecule has 8 nitrogen and oxygen atoms in total. The van der Waals surface area contributed by atoms with Gasteiger partial charge in [0.1, 0.15) is 0 Å². The highest BCUT2D eigenvalue weighted by atomic mass is 16.5. The molecule has 0 amide bonds. The maximum Gasteiger partial charge on any atom is 0.274 e. The van der Waals surface area contributed by atoms with Crippen LogP contribution in [0.4, 0.5) is 0 Å². The van der Waals surface area contributed by atoms with E-state index in [9.17, 15) is 4.79 Å². The molecule has 172 valence electrons. The Morgan fingerprint density at radius 2 is 1.47 bits per heavy atom. The summed E-state index contributed by atoms with van der Waals surface area (Å²) < 4.78 is 22.8. The Labute approximate surface area is 188 Å². The van der Waals surface area contributed by atoms with Gasteiger partial charge in [-0.25, -0.2) is 4.68 Å². The molecule has 1 heterocycles. The predicted molar refractivity (Wildman–Crippen MR) is 125 cm³/mol. The molecule has 0 aliphatic rings. The zero-order chi connectivity index (χ0) is 23.1. The lowest BCUT2D eigenvalue weighted by Gasteiger charge is -2.13. The molecule has 0 aliphatic heterocycles. The van der Waals surface area contributed by atoms with E-state index in [1.54, 1.807) is 40.6 Å². The van der Waals surface area contributed by atoms with Crippen LogP contribution in [0.25, 0.3) is 10.8 Å². The number of ether oxygens (including phenoxy) is 4. The monoisotopic (exact) mass is 441 g/mol. The van der Waals surface area contributed by atoms with Gasteiger partial charge in [-0.15, -0.1) is 0 Å². The van der Waals surface area contributed by atoms with Crippen LogP contribution in [0.1, 0.15) is 17.7 Å². The molecular formula is C24H31N3O5. The number of methoxy groups -OCH3 is 4. The van der Waals surface area contributed by atoms with Crippen molar-refractivity contribution >= 4 is 10.8 Å². The number of hydrogen-bond donors (Lipinski definition) is 1. The van der Waals surface area contributed by atoms with Gasteiger partial charge in [0.15, 0.2) is 23.0 Å². The molecule has 32 heavy (non-hydrogen) atoms. The molecule has 0 atom stereocenters. The van der Waals surface area contributed by atoms with E-state index in [0.717, 1.165) is 48.5 Å². The lowest BCUT2D eigenvalue weighted by Crippen LogP contribution is -2.27. The zero-order valence-electron chi connectivity index (χ0n) is 19.4. The summed E-state index contributed by atoms with van der Waals surface area (Å²) in [6.45, 7) is 4.04. The molecule has 0 saturated heterocycles. The quantitative estimate of drug-likeness (QED) is 0.458.